The van der Waals surface area contributed by atoms with E-state index in [1.54, 1.807) is 0 Å². The molecule has 0 N–H and O–H groups in total. The Kier molecular flexibility index (Phi) is 4.12. The second-order valence-corrected chi connectivity index (χ2v) is 8.35. The molecular formula is C25H26N2O2. The number of benzene rings is 2. The van der Waals surface area contributed by atoms with Crippen molar-refractivity contribution < 1.29 is 9.47 Å². The van der Waals surface area contributed by atoms with Crippen LogP contribution in [0.15, 0.2) is 66.2 Å². The highest BCUT2D eigenvalue weighted by Gasteiger charge is 2.44. The van der Waals surface area contributed by atoms with Gasteiger partial charge in [0.1, 0.15) is 0 Å². The molecule has 4 heterocycles. The first kappa shape index (κ1) is 17.5. The van der Waals surface area contributed by atoms with Gasteiger partial charge in [-0.25, -0.2) is 0 Å². The van der Waals surface area contributed by atoms with Crippen molar-refractivity contribution in [3.63, 3.8) is 0 Å². The van der Waals surface area contributed by atoms with Gasteiger partial charge in [0.05, 0.1) is 19.3 Å². The Bertz CT molecular complexity index is 1080. The van der Waals surface area contributed by atoms with E-state index in [4.69, 9.17) is 9.47 Å². The molecule has 6 rings (SSSR count). The van der Waals surface area contributed by atoms with E-state index in [1.165, 1.54) is 33.3 Å². The smallest absolute Gasteiger partial charge is 0.181 e. The molecule has 2 bridgehead atoms. The maximum Gasteiger partial charge on any atom is 0.181 e. The molecule has 4 heteroatoms. The van der Waals surface area contributed by atoms with Crippen LogP contribution in [0.25, 0.3) is 10.9 Å². The van der Waals surface area contributed by atoms with Crippen molar-refractivity contribution in [2.45, 2.75) is 37.8 Å². The molecule has 1 saturated heterocycles. The number of hydrogen-bond donors (Lipinski definition) is 0. The average Bonchev–Trinajstić information content (AvgIpc) is 3.37. The van der Waals surface area contributed by atoms with E-state index >= 15 is 0 Å². The monoisotopic (exact) mass is 386 g/mol. The van der Waals surface area contributed by atoms with E-state index < -0.39 is 0 Å². The fourth-order valence-electron chi connectivity index (χ4n) is 5.57. The minimum absolute atomic E-state index is 0.184. The molecule has 3 aromatic rings. The van der Waals surface area contributed by atoms with Crippen LogP contribution in [-0.2, 0) is 29.5 Å². The fourth-order valence-corrected chi connectivity index (χ4v) is 5.57. The van der Waals surface area contributed by atoms with E-state index in [0.29, 0.717) is 25.3 Å². The van der Waals surface area contributed by atoms with Gasteiger partial charge in [0, 0.05) is 36.2 Å². The zero-order valence-corrected chi connectivity index (χ0v) is 16.8. The molecule has 0 radical (unpaired) electrons. The predicted octanol–water partition coefficient (Wildman–Crippen LogP) is 4.35. The minimum Gasteiger partial charge on any atom is -0.346 e. The lowest BCUT2D eigenvalue weighted by molar-refractivity contribution is -0.0318. The summed E-state index contributed by atoms with van der Waals surface area (Å²) in [6.07, 6.45) is 4.22. The molecule has 0 amide bonds. The fraction of sp³-hybridized carbons (Fsp3) is 0.360. The normalized spacial score (nSPS) is 24.7. The van der Waals surface area contributed by atoms with Gasteiger partial charge in [-0.15, -0.1) is 0 Å². The summed E-state index contributed by atoms with van der Waals surface area (Å²) < 4.78 is 14.3. The van der Waals surface area contributed by atoms with Gasteiger partial charge in [0.2, 0.25) is 0 Å². The number of hydrogen-bond acceptors (Lipinski definition) is 3. The van der Waals surface area contributed by atoms with Crippen LogP contribution in [0, 0.1) is 0 Å². The van der Waals surface area contributed by atoms with Gasteiger partial charge < -0.3 is 14.0 Å². The van der Waals surface area contributed by atoms with E-state index in [-0.39, 0.29) is 6.29 Å². The molecule has 0 spiro atoms. The standard InChI is InChI=1S/C25H26N2O2/c1-26-21-10-6-5-9-18(21)20-15-23-19(25-28-13-14-29-25)11-12-22(24(20)26)27(23)16-17-7-3-2-4-8-17/h2-11,22-23,25H,12-16H2,1H3/t22-,23-/m0/s1. The Balaban J connectivity index is 1.48. The summed E-state index contributed by atoms with van der Waals surface area (Å²) in [6.45, 7) is 2.33. The van der Waals surface area contributed by atoms with Gasteiger partial charge in [-0.2, -0.15) is 0 Å². The molecule has 0 saturated carbocycles. The largest absolute Gasteiger partial charge is 0.346 e. The average molecular weight is 386 g/mol. The maximum absolute atomic E-state index is 5.94. The van der Waals surface area contributed by atoms with Gasteiger partial charge in [-0.05, 0) is 35.6 Å². The lowest BCUT2D eigenvalue weighted by Gasteiger charge is -2.47. The van der Waals surface area contributed by atoms with Gasteiger partial charge in [0.25, 0.3) is 0 Å². The molecule has 148 valence electrons. The van der Waals surface area contributed by atoms with Gasteiger partial charge in [0.15, 0.2) is 6.29 Å². The third kappa shape index (κ3) is 2.71. The Hall–Kier alpha value is -2.40. The molecule has 3 aliphatic rings. The highest BCUT2D eigenvalue weighted by molar-refractivity contribution is 5.86. The number of nitrogens with zero attached hydrogens (tertiary/aromatic N) is 2. The molecule has 4 nitrogen and oxygen atoms in total. The molecule has 0 unspecified atom stereocenters. The van der Waals surface area contributed by atoms with E-state index in [0.717, 1.165) is 19.4 Å². The zero-order chi connectivity index (χ0) is 19.4. The Morgan fingerprint density at radius 3 is 2.52 bits per heavy atom. The summed E-state index contributed by atoms with van der Waals surface area (Å²) in [5.74, 6) is 0. The van der Waals surface area contributed by atoms with Crippen molar-refractivity contribution in [2.24, 2.45) is 7.05 Å². The summed E-state index contributed by atoms with van der Waals surface area (Å²) in [4.78, 5) is 2.68. The van der Waals surface area contributed by atoms with Crippen LogP contribution in [-0.4, -0.2) is 35.0 Å². The van der Waals surface area contributed by atoms with Crippen LogP contribution in [0.3, 0.4) is 0 Å². The quantitative estimate of drug-likeness (QED) is 0.626. The molecule has 2 atom stereocenters. The number of aromatic nitrogens is 1. The molecule has 1 fully saturated rings. The van der Waals surface area contributed by atoms with Crippen LogP contribution >= 0.6 is 0 Å². The minimum atomic E-state index is -0.184. The number of fused-ring (bicyclic) bond motifs is 6. The lowest BCUT2D eigenvalue weighted by Crippen LogP contribution is -2.49. The van der Waals surface area contributed by atoms with E-state index in [1.807, 2.05) is 0 Å². The first-order valence-electron chi connectivity index (χ1n) is 10.6. The maximum atomic E-state index is 5.94. The van der Waals surface area contributed by atoms with Gasteiger partial charge in [-0.3, -0.25) is 4.90 Å². The molecule has 0 aliphatic carbocycles. The van der Waals surface area contributed by atoms with Crippen molar-refractivity contribution >= 4 is 10.9 Å². The molecule has 29 heavy (non-hydrogen) atoms. The van der Waals surface area contributed by atoms with Crippen LogP contribution in [0.4, 0.5) is 0 Å². The first-order chi connectivity index (χ1) is 14.3. The zero-order valence-electron chi connectivity index (χ0n) is 16.8. The topological polar surface area (TPSA) is 26.6 Å². The van der Waals surface area contributed by atoms with Crippen LogP contribution in [0.1, 0.15) is 29.3 Å². The highest BCUT2D eigenvalue weighted by Crippen LogP contribution is 2.46. The van der Waals surface area contributed by atoms with E-state index in [2.05, 4.69) is 77.2 Å². The Morgan fingerprint density at radius 2 is 1.69 bits per heavy atom. The van der Waals surface area contributed by atoms with Crippen molar-refractivity contribution in [1.82, 2.24) is 9.47 Å². The van der Waals surface area contributed by atoms with Crippen LogP contribution in [0.5, 0.6) is 0 Å². The lowest BCUT2D eigenvalue weighted by atomic mass is 9.81. The summed E-state index contributed by atoms with van der Waals surface area (Å²) in [6, 6.07) is 20.4. The van der Waals surface area contributed by atoms with Crippen molar-refractivity contribution in [3.8, 4) is 0 Å². The highest BCUT2D eigenvalue weighted by atomic mass is 16.7. The van der Waals surface area contributed by atoms with E-state index in [9.17, 15) is 0 Å². The Morgan fingerprint density at radius 1 is 0.931 bits per heavy atom. The number of rotatable bonds is 3. The molecular weight excluding hydrogens is 360 g/mol. The predicted molar refractivity (Wildman–Crippen MR) is 114 cm³/mol. The summed E-state index contributed by atoms with van der Waals surface area (Å²) >= 11 is 0. The number of ether oxygens (including phenoxy) is 2. The Labute approximate surface area is 171 Å². The van der Waals surface area contributed by atoms with Crippen LogP contribution < -0.4 is 0 Å². The van der Waals surface area contributed by atoms with Crippen molar-refractivity contribution in [1.29, 1.82) is 0 Å². The molecule has 1 aromatic heterocycles. The second-order valence-electron chi connectivity index (χ2n) is 8.35. The van der Waals surface area contributed by atoms with Crippen molar-refractivity contribution in [3.05, 3.63) is 83.1 Å². The summed E-state index contributed by atoms with van der Waals surface area (Å²) in [7, 11) is 2.23. The number of para-hydroxylation sites is 1. The first-order valence-corrected chi connectivity index (χ1v) is 10.6. The van der Waals surface area contributed by atoms with Gasteiger partial charge >= 0.3 is 0 Å². The summed E-state index contributed by atoms with van der Waals surface area (Å²) in [5.41, 5.74) is 6.99. The SMILES string of the molecule is Cn1c2c(c3ccccc31)C[C@H]1C(C3OCCO3)=CC[C@@H]2N1Cc1ccccc1. The third-order valence-electron chi connectivity index (χ3n) is 6.84. The van der Waals surface area contributed by atoms with Crippen LogP contribution in [0.2, 0.25) is 0 Å². The van der Waals surface area contributed by atoms with Gasteiger partial charge in [-0.1, -0.05) is 54.6 Å². The molecule has 2 aromatic carbocycles. The molecule has 3 aliphatic heterocycles. The summed E-state index contributed by atoms with van der Waals surface area (Å²) in [5, 5.41) is 1.40. The van der Waals surface area contributed by atoms with Crippen molar-refractivity contribution in [2.75, 3.05) is 13.2 Å². The second kappa shape index (κ2) is 6.84. The third-order valence-corrected chi connectivity index (χ3v) is 6.84. The number of aryl methyl sites for hydroxylation is 1.